The van der Waals surface area contributed by atoms with Crippen molar-refractivity contribution in [2.45, 2.75) is 38.8 Å². The van der Waals surface area contributed by atoms with E-state index in [-0.39, 0.29) is 17.9 Å². The summed E-state index contributed by atoms with van der Waals surface area (Å²) in [5.41, 5.74) is -0.546. The van der Waals surface area contributed by atoms with Gasteiger partial charge in [0.2, 0.25) is 5.91 Å². The highest BCUT2D eigenvalue weighted by atomic mass is 16.6. The van der Waals surface area contributed by atoms with Gasteiger partial charge < -0.3 is 4.74 Å². The molecule has 2 aliphatic carbocycles. The fourth-order valence-electron chi connectivity index (χ4n) is 3.23. The van der Waals surface area contributed by atoms with Crippen LogP contribution in [0.15, 0.2) is 12.2 Å². The number of amides is 2. The molecule has 92 valence electrons. The van der Waals surface area contributed by atoms with Crippen LogP contribution in [0.1, 0.15) is 27.2 Å². The van der Waals surface area contributed by atoms with Crippen molar-refractivity contribution >= 4 is 12.0 Å². The lowest BCUT2D eigenvalue weighted by Gasteiger charge is -2.46. The van der Waals surface area contributed by atoms with Crippen LogP contribution < -0.4 is 0 Å². The second-order valence-corrected chi connectivity index (χ2v) is 6.15. The highest BCUT2D eigenvalue weighted by Crippen LogP contribution is 2.52. The molecule has 1 heterocycles. The van der Waals surface area contributed by atoms with Crippen molar-refractivity contribution in [3.05, 3.63) is 12.2 Å². The van der Waals surface area contributed by atoms with Crippen LogP contribution in [-0.2, 0) is 9.53 Å². The predicted molar refractivity (Wildman–Crippen MR) is 61.1 cm³/mol. The third-order valence-electron chi connectivity index (χ3n) is 3.83. The second-order valence-electron chi connectivity index (χ2n) is 6.15. The number of hydrogen-bond acceptors (Lipinski definition) is 3. The Bertz CT molecular complexity index is 421. The largest absolute Gasteiger partial charge is 0.443 e. The minimum atomic E-state index is -0.546. The Labute approximate surface area is 101 Å². The average Bonchev–Trinajstić information content (AvgIpc) is 2.70. The molecule has 0 aromatic heterocycles. The van der Waals surface area contributed by atoms with Gasteiger partial charge in [-0.3, -0.25) is 4.79 Å². The molecule has 2 bridgehead atoms. The zero-order chi connectivity index (χ0) is 12.4. The number of rotatable bonds is 0. The number of hydrogen-bond donors (Lipinski definition) is 0. The van der Waals surface area contributed by atoms with Crippen molar-refractivity contribution in [1.82, 2.24) is 4.90 Å². The van der Waals surface area contributed by atoms with Crippen LogP contribution in [0.4, 0.5) is 4.79 Å². The SMILES string of the molecule is CC(C)(C)OC(=O)N1C(=O)[C@@H]2[C@H]1[C@@H]1C=C[C@H]2C1. The van der Waals surface area contributed by atoms with Gasteiger partial charge in [-0.05, 0) is 39.0 Å². The lowest BCUT2D eigenvalue weighted by Crippen LogP contribution is -2.65. The van der Waals surface area contributed by atoms with E-state index < -0.39 is 11.7 Å². The molecule has 0 N–H and O–H groups in total. The molecule has 4 nitrogen and oxygen atoms in total. The second kappa shape index (κ2) is 3.12. The summed E-state index contributed by atoms with van der Waals surface area (Å²) >= 11 is 0. The quantitative estimate of drug-likeness (QED) is 0.476. The topological polar surface area (TPSA) is 46.6 Å². The Kier molecular flexibility index (Phi) is 1.98. The Morgan fingerprint density at radius 3 is 2.65 bits per heavy atom. The first kappa shape index (κ1) is 10.8. The van der Waals surface area contributed by atoms with Crippen LogP contribution in [-0.4, -0.2) is 28.5 Å². The number of nitrogens with zero attached hydrogens (tertiary/aromatic N) is 1. The van der Waals surface area contributed by atoms with E-state index >= 15 is 0 Å². The number of fused-ring (bicyclic) bond motifs is 5. The summed E-state index contributed by atoms with van der Waals surface area (Å²) in [4.78, 5) is 25.2. The summed E-state index contributed by atoms with van der Waals surface area (Å²) in [6.45, 7) is 5.44. The molecule has 1 saturated carbocycles. The lowest BCUT2D eigenvalue weighted by atomic mass is 9.80. The summed E-state index contributed by atoms with van der Waals surface area (Å²) in [5, 5.41) is 0. The summed E-state index contributed by atoms with van der Waals surface area (Å²) in [5.74, 6) is 0.699. The van der Waals surface area contributed by atoms with Gasteiger partial charge in [0.1, 0.15) is 5.60 Å². The highest BCUT2D eigenvalue weighted by Gasteiger charge is 2.62. The number of carbonyl (C=O) groups is 2. The molecule has 2 fully saturated rings. The standard InChI is InChI=1S/C13H17NO3/c1-13(2,3)17-12(16)14-10-8-5-4-7(6-8)9(10)11(14)15/h4-5,7-10H,6H2,1-3H3/t7-,8+,9-,10+/m0/s1. The summed E-state index contributed by atoms with van der Waals surface area (Å²) in [6, 6.07) is 0.0624. The summed E-state index contributed by atoms with van der Waals surface area (Å²) < 4.78 is 5.27. The van der Waals surface area contributed by atoms with Gasteiger partial charge in [-0.1, -0.05) is 12.2 Å². The number of likely N-dealkylation sites (tertiary alicyclic amines) is 1. The van der Waals surface area contributed by atoms with E-state index in [1.54, 1.807) is 0 Å². The molecule has 2 amide bonds. The molecule has 4 heteroatoms. The van der Waals surface area contributed by atoms with E-state index in [1.165, 1.54) is 4.90 Å². The molecule has 17 heavy (non-hydrogen) atoms. The minimum absolute atomic E-state index is 0.0394. The number of β-lactam (4-membered cyclic amide) rings is 1. The first-order valence-corrected chi connectivity index (χ1v) is 6.13. The van der Waals surface area contributed by atoms with Crippen LogP contribution >= 0.6 is 0 Å². The molecule has 0 aromatic rings. The van der Waals surface area contributed by atoms with Crippen LogP contribution in [0.5, 0.6) is 0 Å². The van der Waals surface area contributed by atoms with E-state index in [4.69, 9.17) is 4.74 Å². The normalized spacial score (nSPS) is 38.1. The maximum absolute atomic E-state index is 12.0. The lowest BCUT2D eigenvalue weighted by molar-refractivity contribution is -0.154. The predicted octanol–water partition coefficient (Wildman–Crippen LogP) is 1.95. The molecule has 0 aromatic carbocycles. The van der Waals surface area contributed by atoms with Crippen molar-refractivity contribution in [2.75, 3.05) is 0 Å². The van der Waals surface area contributed by atoms with E-state index in [0.29, 0.717) is 11.8 Å². The number of imide groups is 1. The average molecular weight is 235 g/mol. The Morgan fingerprint density at radius 2 is 2.00 bits per heavy atom. The van der Waals surface area contributed by atoms with Gasteiger partial charge in [-0.15, -0.1) is 0 Å². The molecule has 3 rings (SSSR count). The van der Waals surface area contributed by atoms with Crippen molar-refractivity contribution in [3.63, 3.8) is 0 Å². The Morgan fingerprint density at radius 1 is 1.35 bits per heavy atom. The number of allylic oxidation sites excluding steroid dienone is 1. The van der Waals surface area contributed by atoms with Gasteiger partial charge in [0.25, 0.3) is 0 Å². The van der Waals surface area contributed by atoms with Gasteiger partial charge in [0.15, 0.2) is 0 Å². The minimum Gasteiger partial charge on any atom is -0.443 e. The fraction of sp³-hybridized carbons (Fsp3) is 0.692. The van der Waals surface area contributed by atoms with Crippen LogP contribution in [0, 0.1) is 17.8 Å². The van der Waals surface area contributed by atoms with Crippen molar-refractivity contribution in [2.24, 2.45) is 17.8 Å². The summed E-state index contributed by atoms with van der Waals surface area (Å²) in [6.07, 6.45) is 4.79. The molecule has 0 radical (unpaired) electrons. The van der Waals surface area contributed by atoms with E-state index in [2.05, 4.69) is 12.2 Å². The molecule has 1 saturated heterocycles. The van der Waals surface area contributed by atoms with Crippen LogP contribution in [0.25, 0.3) is 0 Å². The van der Waals surface area contributed by atoms with E-state index in [1.807, 2.05) is 20.8 Å². The van der Waals surface area contributed by atoms with E-state index in [9.17, 15) is 9.59 Å². The Balaban J connectivity index is 1.76. The molecule has 4 atom stereocenters. The van der Waals surface area contributed by atoms with Crippen LogP contribution in [0.2, 0.25) is 0 Å². The molecular weight excluding hydrogens is 218 g/mol. The first-order valence-electron chi connectivity index (χ1n) is 6.13. The maximum atomic E-state index is 12.0. The van der Waals surface area contributed by atoms with Gasteiger partial charge >= 0.3 is 6.09 Å². The third kappa shape index (κ3) is 1.43. The van der Waals surface area contributed by atoms with Gasteiger partial charge in [-0.25, -0.2) is 9.69 Å². The first-order chi connectivity index (χ1) is 7.88. The van der Waals surface area contributed by atoms with Gasteiger partial charge in [-0.2, -0.15) is 0 Å². The summed E-state index contributed by atoms with van der Waals surface area (Å²) in [7, 11) is 0. The zero-order valence-electron chi connectivity index (χ0n) is 10.3. The molecule has 0 spiro atoms. The third-order valence-corrected chi connectivity index (χ3v) is 3.83. The van der Waals surface area contributed by atoms with Crippen molar-refractivity contribution in [3.8, 4) is 0 Å². The molecular formula is C13H17NO3. The fourth-order valence-corrected chi connectivity index (χ4v) is 3.23. The highest BCUT2D eigenvalue weighted by molar-refractivity contribution is 6.00. The Hall–Kier alpha value is -1.32. The molecule has 1 aliphatic heterocycles. The van der Waals surface area contributed by atoms with E-state index in [0.717, 1.165) is 6.42 Å². The molecule has 3 aliphatic rings. The maximum Gasteiger partial charge on any atom is 0.417 e. The zero-order valence-corrected chi connectivity index (χ0v) is 10.3. The smallest absolute Gasteiger partial charge is 0.417 e. The number of ether oxygens (including phenoxy) is 1. The van der Waals surface area contributed by atoms with Crippen molar-refractivity contribution < 1.29 is 14.3 Å². The monoisotopic (exact) mass is 235 g/mol. The number of carbonyl (C=O) groups excluding carboxylic acids is 2. The van der Waals surface area contributed by atoms with Crippen molar-refractivity contribution in [1.29, 1.82) is 0 Å². The van der Waals surface area contributed by atoms with Crippen LogP contribution in [0.3, 0.4) is 0 Å². The molecule has 0 unspecified atom stereocenters. The van der Waals surface area contributed by atoms with Gasteiger partial charge in [0.05, 0.1) is 12.0 Å². The van der Waals surface area contributed by atoms with Gasteiger partial charge in [0, 0.05) is 0 Å².